The molecule has 7 nitrogen and oxygen atoms in total. The van der Waals surface area contributed by atoms with Crippen molar-refractivity contribution in [3.8, 4) is 0 Å². The van der Waals surface area contributed by atoms with Crippen LogP contribution in [0.4, 0.5) is 0 Å². The van der Waals surface area contributed by atoms with E-state index in [9.17, 15) is 4.79 Å². The summed E-state index contributed by atoms with van der Waals surface area (Å²) in [6, 6.07) is 0.433. The molecule has 0 radical (unpaired) electrons. The number of rotatable bonds is 8. The lowest BCUT2D eigenvalue weighted by atomic mass is 9.83. The fourth-order valence-electron chi connectivity index (χ4n) is 3.94. The van der Waals surface area contributed by atoms with Crippen LogP contribution < -0.4 is 10.6 Å². The number of nitrogens with one attached hydrogen (secondary N) is 2. The predicted molar refractivity (Wildman–Crippen MR) is 120 cm³/mol. The standard InChI is InChI=1S/C21H37N5O2S/c1-7-28-20(27)18-14(2)24-19(29-18)15(3)25-21(22-4)23-13-17(26(5)6)16-11-9-8-10-12-16/h15-17H,7-13H2,1-6H3,(H2,22,23,25). The molecule has 1 heterocycles. The van der Waals surface area contributed by atoms with Crippen LogP contribution in [-0.4, -0.2) is 62.1 Å². The van der Waals surface area contributed by atoms with E-state index in [1.54, 1.807) is 7.05 Å². The zero-order chi connectivity index (χ0) is 21.4. The molecule has 1 aromatic heterocycles. The lowest BCUT2D eigenvalue weighted by Gasteiger charge is -2.35. The number of carbonyl (C=O) groups excluding carboxylic acids is 1. The van der Waals surface area contributed by atoms with E-state index in [1.165, 1.54) is 43.4 Å². The van der Waals surface area contributed by atoms with Crippen LogP contribution >= 0.6 is 11.3 Å². The Morgan fingerprint density at radius 2 is 2.03 bits per heavy atom. The Labute approximate surface area is 179 Å². The van der Waals surface area contributed by atoms with Crippen molar-refractivity contribution in [3.63, 3.8) is 0 Å². The van der Waals surface area contributed by atoms with Gasteiger partial charge in [0.15, 0.2) is 5.96 Å². The van der Waals surface area contributed by atoms with Gasteiger partial charge in [-0.15, -0.1) is 11.3 Å². The number of esters is 1. The van der Waals surface area contributed by atoms with Gasteiger partial charge in [0, 0.05) is 19.6 Å². The first-order chi connectivity index (χ1) is 13.9. The molecular weight excluding hydrogens is 386 g/mol. The fraction of sp³-hybridized carbons (Fsp3) is 0.762. The van der Waals surface area contributed by atoms with Crippen LogP contribution in [0.15, 0.2) is 4.99 Å². The summed E-state index contributed by atoms with van der Waals surface area (Å²) in [4.78, 5) is 23.9. The molecule has 2 N–H and O–H groups in total. The number of ether oxygens (including phenoxy) is 1. The van der Waals surface area contributed by atoms with Gasteiger partial charge in [-0.25, -0.2) is 9.78 Å². The zero-order valence-electron chi connectivity index (χ0n) is 18.7. The Morgan fingerprint density at radius 3 is 2.62 bits per heavy atom. The molecule has 2 unspecified atom stereocenters. The van der Waals surface area contributed by atoms with Crippen molar-refractivity contribution in [2.75, 3.05) is 34.3 Å². The largest absolute Gasteiger partial charge is 0.462 e. The maximum atomic E-state index is 12.1. The molecule has 1 saturated carbocycles. The molecule has 0 saturated heterocycles. The second kappa shape index (κ2) is 11.5. The summed E-state index contributed by atoms with van der Waals surface area (Å²) < 4.78 is 5.12. The maximum absolute atomic E-state index is 12.1. The van der Waals surface area contributed by atoms with Crippen molar-refractivity contribution in [2.24, 2.45) is 10.9 Å². The predicted octanol–water partition coefficient (Wildman–Crippen LogP) is 3.36. The number of likely N-dealkylation sites (N-methyl/N-ethyl adjacent to an activating group) is 1. The van der Waals surface area contributed by atoms with Gasteiger partial charge in [-0.1, -0.05) is 19.3 Å². The normalized spacial score (nSPS) is 17.8. The second-order valence-electron chi connectivity index (χ2n) is 7.94. The Morgan fingerprint density at radius 1 is 1.34 bits per heavy atom. The Bertz CT molecular complexity index is 683. The first-order valence-electron chi connectivity index (χ1n) is 10.6. The van der Waals surface area contributed by atoms with E-state index in [2.05, 4.69) is 39.6 Å². The molecule has 0 amide bonds. The van der Waals surface area contributed by atoms with Gasteiger partial charge < -0.3 is 20.3 Å². The molecule has 1 aliphatic rings. The molecule has 0 bridgehead atoms. The van der Waals surface area contributed by atoms with Gasteiger partial charge in [0.1, 0.15) is 9.88 Å². The minimum atomic E-state index is -0.301. The van der Waals surface area contributed by atoms with Gasteiger partial charge in [0.2, 0.25) is 0 Å². The van der Waals surface area contributed by atoms with E-state index in [4.69, 9.17) is 4.74 Å². The Kier molecular flexibility index (Phi) is 9.36. The van der Waals surface area contributed by atoms with E-state index in [1.807, 2.05) is 20.8 Å². The number of carbonyl (C=O) groups is 1. The Hall–Kier alpha value is -1.67. The molecule has 1 aliphatic carbocycles. The highest BCUT2D eigenvalue weighted by atomic mass is 32.1. The quantitative estimate of drug-likeness (QED) is 0.379. The lowest BCUT2D eigenvalue weighted by Crippen LogP contribution is -2.48. The first kappa shape index (κ1) is 23.6. The van der Waals surface area contributed by atoms with Crippen molar-refractivity contribution >= 4 is 23.3 Å². The SMILES string of the molecule is CCOC(=O)c1sc(C(C)NC(=NC)NCC(C2CCCCC2)N(C)C)nc1C. The number of nitrogens with zero attached hydrogens (tertiary/aromatic N) is 3. The molecule has 1 aromatic rings. The van der Waals surface area contributed by atoms with Crippen LogP contribution in [0, 0.1) is 12.8 Å². The number of aliphatic imine (C=N–C) groups is 1. The number of guanidine groups is 1. The van der Waals surface area contributed by atoms with Crippen molar-refractivity contribution in [2.45, 2.75) is 65.0 Å². The summed E-state index contributed by atoms with van der Waals surface area (Å²) in [5.41, 5.74) is 0.713. The van der Waals surface area contributed by atoms with Crippen LogP contribution in [0.1, 0.15) is 72.4 Å². The molecule has 0 aliphatic heterocycles. The number of hydrogen-bond acceptors (Lipinski definition) is 6. The van der Waals surface area contributed by atoms with Gasteiger partial charge in [-0.05, 0) is 53.6 Å². The third kappa shape index (κ3) is 6.67. The van der Waals surface area contributed by atoms with Gasteiger partial charge in [0.05, 0.1) is 18.3 Å². The third-order valence-electron chi connectivity index (χ3n) is 5.56. The minimum Gasteiger partial charge on any atom is -0.462 e. The molecule has 29 heavy (non-hydrogen) atoms. The van der Waals surface area contributed by atoms with E-state index in [-0.39, 0.29) is 12.0 Å². The third-order valence-corrected chi connectivity index (χ3v) is 6.88. The number of hydrogen-bond donors (Lipinski definition) is 2. The summed E-state index contributed by atoms with van der Waals surface area (Å²) in [5, 5.41) is 7.76. The zero-order valence-corrected chi connectivity index (χ0v) is 19.6. The van der Waals surface area contributed by atoms with Crippen LogP contribution in [0.5, 0.6) is 0 Å². The molecule has 2 atom stereocenters. The molecule has 0 spiro atoms. The first-order valence-corrected chi connectivity index (χ1v) is 11.5. The number of aromatic nitrogens is 1. The van der Waals surface area contributed by atoms with Gasteiger partial charge >= 0.3 is 5.97 Å². The van der Waals surface area contributed by atoms with E-state index in [0.29, 0.717) is 23.2 Å². The average molecular weight is 424 g/mol. The summed E-state index contributed by atoms with van der Waals surface area (Å²) in [6.45, 7) is 6.91. The maximum Gasteiger partial charge on any atom is 0.350 e. The van der Waals surface area contributed by atoms with Crippen LogP contribution in [0.25, 0.3) is 0 Å². The monoisotopic (exact) mass is 423 g/mol. The summed E-state index contributed by atoms with van der Waals surface area (Å²) in [5.74, 6) is 1.19. The summed E-state index contributed by atoms with van der Waals surface area (Å²) in [7, 11) is 6.11. The van der Waals surface area contributed by atoms with Crippen molar-refractivity contribution in [3.05, 3.63) is 15.6 Å². The number of aryl methyl sites for hydroxylation is 1. The minimum absolute atomic E-state index is 0.0550. The average Bonchev–Trinajstić information content (AvgIpc) is 3.10. The lowest BCUT2D eigenvalue weighted by molar-refractivity contribution is 0.0531. The number of thiazole rings is 1. The van der Waals surface area contributed by atoms with Crippen LogP contribution in [0.3, 0.4) is 0 Å². The molecule has 1 fully saturated rings. The van der Waals surface area contributed by atoms with Crippen molar-refractivity contribution in [1.82, 2.24) is 20.5 Å². The summed E-state index contributed by atoms with van der Waals surface area (Å²) >= 11 is 1.38. The van der Waals surface area contributed by atoms with Gasteiger partial charge in [0.25, 0.3) is 0 Å². The van der Waals surface area contributed by atoms with E-state index >= 15 is 0 Å². The molecule has 2 rings (SSSR count). The second-order valence-corrected chi connectivity index (χ2v) is 8.97. The topological polar surface area (TPSA) is 78.8 Å². The summed E-state index contributed by atoms with van der Waals surface area (Å²) in [6.07, 6.45) is 6.66. The Balaban J connectivity index is 1.96. The molecule has 8 heteroatoms. The van der Waals surface area contributed by atoms with E-state index < -0.39 is 0 Å². The highest BCUT2D eigenvalue weighted by Crippen LogP contribution is 2.28. The van der Waals surface area contributed by atoms with Crippen LogP contribution in [0.2, 0.25) is 0 Å². The molecule has 164 valence electrons. The smallest absolute Gasteiger partial charge is 0.350 e. The molecule has 0 aromatic carbocycles. The fourth-order valence-corrected chi connectivity index (χ4v) is 4.90. The van der Waals surface area contributed by atoms with Crippen LogP contribution in [-0.2, 0) is 4.74 Å². The highest BCUT2D eigenvalue weighted by Gasteiger charge is 2.26. The molecular formula is C21H37N5O2S. The van der Waals surface area contributed by atoms with Gasteiger partial charge in [-0.2, -0.15) is 0 Å². The van der Waals surface area contributed by atoms with Gasteiger partial charge in [-0.3, -0.25) is 4.99 Å². The van der Waals surface area contributed by atoms with E-state index in [0.717, 1.165) is 23.4 Å². The van der Waals surface area contributed by atoms with Crippen molar-refractivity contribution < 1.29 is 9.53 Å². The highest BCUT2D eigenvalue weighted by molar-refractivity contribution is 7.13. The van der Waals surface area contributed by atoms with Crippen molar-refractivity contribution in [1.29, 1.82) is 0 Å².